The number of fused-ring (bicyclic) bond motifs is 1. The van der Waals surface area contributed by atoms with Crippen molar-refractivity contribution in [2.24, 2.45) is 0 Å². The minimum absolute atomic E-state index is 0.327. The zero-order valence-corrected chi connectivity index (χ0v) is 9.55. The molecular weight excluding hydrogens is 268 g/mol. The molecule has 0 aromatic carbocycles. The number of carbonyl (C=O) groups is 1. The van der Waals surface area contributed by atoms with Gasteiger partial charge in [0, 0.05) is 10.7 Å². The Morgan fingerprint density at radius 1 is 1.64 bits per heavy atom. The van der Waals surface area contributed by atoms with Gasteiger partial charge in [0.05, 0.1) is 7.11 Å². The molecule has 0 amide bonds. The van der Waals surface area contributed by atoms with Crippen molar-refractivity contribution >= 4 is 43.6 Å². The van der Waals surface area contributed by atoms with Crippen LogP contribution in [0.25, 0.3) is 10.3 Å². The van der Waals surface area contributed by atoms with E-state index < -0.39 is 5.97 Å². The van der Waals surface area contributed by atoms with Crippen molar-refractivity contribution in [2.45, 2.75) is 0 Å². The average Bonchev–Trinajstić information content (AvgIpc) is 2.59. The maximum atomic E-state index is 11.2. The summed E-state index contributed by atoms with van der Waals surface area (Å²) in [5, 5.41) is 0.327. The van der Waals surface area contributed by atoms with Gasteiger partial charge in [-0.1, -0.05) is 11.3 Å². The van der Waals surface area contributed by atoms with Gasteiger partial charge in [-0.2, -0.15) is 0 Å². The van der Waals surface area contributed by atoms with Crippen molar-refractivity contribution in [3.8, 4) is 0 Å². The van der Waals surface area contributed by atoms with Crippen LogP contribution < -0.4 is 0 Å². The number of carbonyl (C=O) groups excluding carboxylic acids is 1. The Morgan fingerprint density at radius 3 is 3.14 bits per heavy atom. The Kier molecular flexibility index (Phi) is 2.47. The number of rotatable bonds is 1. The molecule has 72 valence electrons. The number of hydrogen-bond donors (Lipinski definition) is 0. The van der Waals surface area contributed by atoms with Crippen LogP contribution in [0.1, 0.15) is 9.80 Å². The van der Waals surface area contributed by atoms with Crippen LogP contribution in [0.5, 0.6) is 0 Å². The summed E-state index contributed by atoms with van der Waals surface area (Å²) in [4.78, 5) is 20.1. The predicted octanol–water partition coefficient (Wildman–Crippen LogP) is 2.24. The Bertz CT molecular complexity index is 497. The Balaban J connectivity index is 2.56. The quantitative estimate of drug-likeness (QED) is 0.748. The molecular formula is C8H5BrN2O2S. The van der Waals surface area contributed by atoms with Crippen LogP contribution in [0.4, 0.5) is 0 Å². The lowest BCUT2D eigenvalue weighted by molar-refractivity contribution is 0.0600. The first-order chi connectivity index (χ1) is 6.70. The highest BCUT2D eigenvalue weighted by Crippen LogP contribution is 2.22. The van der Waals surface area contributed by atoms with E-state index in [9.17, 15) is 4.79 Å². The summed E-state index contributed by atoms with van der Waals surface area (Å²) in [6, 6.07) is 1.81. The van der Waals surface area contributed by atoms with Crippen LogP contribution in [0, 0.1) is 0 Å². The third kappa shape index (κ3) is 1.62. The Labute approximate surface area is 92.1 Å². The van der Waals surface area contributed by atoms with Gasteiger partial charge in [0.2, 0.25) is 5.01 Å². The third-order valence-electron chi connectivity index (χ3n) is 1.57. The highest BCUT2D eigenvalue weighted by molar-refractivity contribution is 9.10. The number of thiazole rings is 1. The van der Waals surface area contributed by atoms with Crippen molar-refractivity contribution in [3.05, 3.63) is 21.7 Å². The van der Waals surface area contributed by atoms with Gasteiger partial charge < -0.3 is 4.74 Å². The lowest BCUT2D eigenvalue weighted by Gasteiger charge is -1.89. The standard InChI is InChI=1S/C8H5BrN2O2S/c1-13-8(12)7-11-5-2-4(9)3-10-6(5)14-7/h2-3H,1H3. The number of ether oxygens (including phenoxy) is 1. The zero-order chi connectivity index (χ0) is 10.1. The summed E-state index contributed by atoms with van der Waals surface area (Å²) in [6.45, 7) is 0. The van der Waals surface area contributed by atoms with Crippen molar-refractivity contribution in [2.75, 3.05) is 7.11 Å². The van der Waals surface area contributed by atoms with E-state index in [1.165, 1.54) is 18.4 Å². The summed E-state index contributed by atoms with van der Waals surface area (Å²) >= 11 is 4.50. The molecule has 6 heteroatoms. The van der Waals surface area contributed by atoms with E-state index in [0.29, 0.717) is 10.5 Å². The highest BCUT2D eigenvalue weighted by atomic mass is 79.9. The maximum Gasteiger partial charge on any atom is 0.367 e. The molecule has 0 fully saturated rings. The number of halogens is 1. The normalized spacial score (nSPS) is 10.4. The van der Waals surface area contributed by atoms with E-state index in [2.05, 4.69) is 30.6 Å². The monoisotopic (exact) mass is 272 g/mol. The molecule has 4 nitrogen and oxygen atoms in total. The Hall–Kier alpha value is -1.01. The van der Waals surface area contributed by atoms with Gasteiger partial charge in [-0.15, -0.1) is 0 Å². The Morgan fingerprint density at radius 2 is 2.43 bits per heavy atom. The number of aromatic nitrogens is 2. The molecule has 0 unspecified atom stereocenters. The summed E-state index contributed by atoms with van der Waals surface area (Å²) < 4.78 is 5.41. The molecule has 0 radical (unpaired) electrons. The molecule has 0 spiro atoms. The second-order valence-corrected chi connectivity index (χ2v) is 4.38. The van der Waals surface area contributed by atoms with Crippen molar-refractivity contribution in [1.82, 2.24) is 9.97 Å². The first-order valence-electron chi connectivity index (χ1n) is 3.71. The number of pyridine rings is 1. The molecule has 0 N–H and O–H groups in total. The van der Waals surface area contributed by atoms with Crippen LogP contribution in [0.15, 0.2) is 16.7 Å². The van der Waals surface area contributed by atoms with Crippen LogP contribution >= 0.6 is 27.3 Å². The van der Waals surface area contributed by atoms with E-state index >= 15 is 0 Å². The smallest absolute Gasteiger partial charge is 0.367 e. The number of nitrogens with zero attached hydrogens (tertiary/aromatic N) is 2. The van der Waals surface area contributed by atoms with E-state index in [1.54, 1.807) is 6.20 Å². The molecule has 0 aliphatic heterocycles. The number of methoxy groups -OCH3 is 1. The molecule has 14 heavy (non-hydrogen) atoms. The lowest BCUT2D eigenvalue weighted by atomic mass is 10.5. The van der Waals surface area contributed by atoms with Crippen LogP contribution in [0.3, 0.4) is 0 Å². The number of hydrogen-bond acceptors (Lipinski definition) is 5. The third-order valence-corrected chi connectivity index (χ3v) is 2.97. The summed E-state index contributed by atoms with van der Waals surface area (Å²) in [7, 11) is 1.33. The van der Waals surface area contributed by atoms with Gasteiger partial charge in [0.25, 0.3) is 0 Å². The molecule has 0 saturated carbocycles. The zero-order valence-electron chi connectivity index (χ0n) is 7.15. The van der Waals surface area contributed by atoms with Crippen molar-refractivity contribution in [3.63, 3.8) is 0 Å². The largest absolute Gasteiger partial charge is 0.464 e. The SMILES string of the molecule is COC(=O)c1nc2cc(Br)cnc2s1. The lowest BCUT2D eigenvalue weighted by Crippen LogP contribution is -1.99. The van der Waals surface area contributed by atoms with Gasteiger partial charge >= 0.3 is 5.97 Å². The van der Waals surface area contributed by atoms with E-state index in [-0.39, 0.29) is 0 Å². The topological polar surface area (TPSA) is 52.1 Å². The average molecular weight is 273 g/mol. The fourth-order valence-electron chi connectivity index (χ4n) is 0.973. The molecule has 0 aliphatic carbocycles. The van der Waals surface area contributed by atoms with E-state index in [1.807, 2.05) is 6.07 Å². The molecule has 2 rings (SSSR count). The first kappa shape index (κ1) is 9.54. The van der Waals surface area contributed by atoms with Gasteiger partial charge in [0.15, 0.2) is 0 Å². The molecule has 0 saturated heterocycles. The molecule has 2 heterocycles. The molecule has 0 atom stereocenters. The second-order valence-electron chi connectivity index (χ2n) is 2.49. The fraction of sp³-hybridized carbons (Fsp3) is 0.125. The minimum Gasteiger partial charge on any atom is -0.464 e. The summed E-state index contributed by atoms with van der Waals surface area (Å²) in [5.74, 6) is -0.427. The van der Waals surface area contributed by atoms with Crippen LogP contribution in [-0.4, -0.2) is 23.0 Å². The summed E-state index contributed by atoms with van der Waals surface area (Å²) in [6.07, 6.45) is 1.67. The minimum atomic E-state index is -0.427. The van der Waals surface area contributed by atoms with Crippen molar-refractivity contribution < 1.29 is 9.53 Å². The number of esters is 1. The second kappa shape index (κ2) is 3.62. The van der Waals surface area contributed by atoms with Crippen LogP contribution in [-0.2, 0) is 4.74 Å². The molecule has 0 aliphatic rings. The molecule has 2 aromatic rings. The van der Waals surface area contributed by atoms with E-state index in [4.69, 9.17) is 0 Å². The summed E-state index contributed by atoms with van der Waals surface area (Å²) in [5.41, 5.74) is 0.699. The van der Waals surface area contributed by atoms with Gasteiger partial charge in [0.1, 0.15) is 10.3 Å². The molecule has 0 bridgehead atoms. The fourth-order valence-corrected chi connectivity index (χ4v) is 2.10. The molecule has 2 aromatic heterocycles. The van der Waals surface area contributed by atoms with Crippen molar-refractivity contribution in [1.29, 1.82) is 0 Å². The first-order valence-corrected chi connectivity index (χ1v) is 5.32. The highest BCUT2D eigenvalue weighted by Gasteiger charge is 2.12. The van der Waals surface area contributed by atoms with Gasteiger partial charge in [-0.25, -0.2) is 14.8 Å². The maximum absolute atomic E-state index is 11.2. The van der Waals surface area contributed by atoms with Gasteiger partial charge in [-0.3, -0.25) is 0 Å². The van der Waals surface area contributed by atoms with E-state index in [0.717, 1.165) is 9.30 Å². The van der Waals surface area contributed by atoms with Gasteiger partial charge in [-0.05, 0) is 22.0 Å². The predicted molar refractivity (Wildman–Crippen MR) is 56.5 cm³/mol. The van der Waals surface area contributed by atoms with Crippen LogP contribution in [0.2, 0.25) is 0 Å².